The fourth-order valence-electron chi connectivity index (χ4n) is 4.78. The van der Waals surface area contributed by atoms with Gasteiger partial charge in [0.05, 0.1) is 12.3 Å². The topological polar surface area (TPSA) is 141 Å². The van der Waals surface area contributed by atoms with Crippen molar-refractivity contribution in [2.75, 3.05) is 17.2 Å². The number of anilines is 2. The third-order valence-electron chi connectivity index (χ3n) is 6.92. The molecule has 0 spiro atoms. The van der Waals surface area contributed by atoms with Crippen LogP contribution in [0, 0.1) is 13.8 Å². The molecule has 1 aliphatic rings. The molecule has 3 aromatic rings. The van der Waals surface area contributed by atoms with E-state index in [1.54, 1.807) is 30.3 Å². The molecule has 1 aromatic heterocycles. The summed E-state index contributed by atoms with van der Waals surface area (Å²) in [6.45, 7) is 6.25. The summed E-state index contributed by atoms with van der Waals surface area (Å²) in [6.07, 6.45) is 3.88. The fraction of sp³-hybridized carbons (Fsp3) is 0.357. The van der Waals surface area contributed by atoms with Crippen LogP contribution in [0.2, 0.25) is 0 Å². The van der Waals surface area contributed by atoms with Gasteiger partial charge in [-0.3, -0.25) is 19.3 Å². The van der Waals surface area contributed by atoms with E-state index in [1.165, 1.54) is 4.90 Å². The molecule has 9 nitrogen and oxygen atoms in total. The average molecular weight is 536 g/mol. The molecule has 1 unspecified atom stereocenters. The highest BCUT2D eigenvalue weighted by Crippen LogP contribution is 2.36. The van der Waals surface area contributed by atoms with Crippen LogP contribution in [-0.4, -0.2) is 34.7 Å². The number of ether oxygens (including phenoxy) is 1. The van der Waals surface area contributed by atoms with Crippen molar-refractivity contribution in [3.8, 4) is 5.75 Å². The lowest BCUT2D eigenvalue weighted by Crippen LogP contribution is -2.46. The minimum absolute atomic E-state index is 0.0400. The van der Waals surface area contributed by atoms with Crippen LogP contribution < -0.4 is 26.4 Å². The summed E-state index contributed by atoms with van der Waals surface area (Å²) in [6, 6.07) is 11.8. The second kappa shape index (κ2) is 11.6. The summed E-state index contributed by atoms with van der Waals surface area (Å²) in [7, 11) is 0. The standard InChI is InChI=1S/C28H33N5O4S/c1-4-37-20-14-12-18(13-15-20)24(27(35)31-19-9-5-6-10-19)33(21-11-7-8-16(2)17(21)3)28(36)25-22(29)23(26(30)34)32-38-25/h7-8,11-15,19,24H,4-6,9-10,29H2,1-3H3,(H2,30,34)(H,31,35). The van der Waals surface area contributed by atoms with Crippen LogP contribution >= 0.6 is 11.5 Å². The first-order chi connectivity index (χ1) is 18.2. The van der Waals surface area contributed by atoms with Crippen LogP contribution in [0.15, 0.2) is 42.5 Å². The van der Waals surface area contributed by atoms with E-state index in [2.05, 4.69) is 9.69 Å². The maximum Gasteiger partial charge on any atom is 0.273 e. The average Bonchev–Trinajstić information content (AvgIpc) is 3.54. The molecule has 1 aliphatic carbocycles. The van der Waals surface area contributed by atoms with E-state index in [0.717, 1.165) is 48.3 Å². The van der Waals surface area contributed by atoms with E-state index in [4.69, 9.17) is 16.2 Å². The number of nitrogens with one attached hydrogen (secondary N) is 1. The second-order valence-corrected chi connectivity index (χ2v) is 10.2. The SMILES string of the molecule is CCOc1ccc(C(C(=O)NC2CCCC2)N(C(=O)c2snc(C(N)=O)c2N)c2cccc(C)c2C)cc1. The Bertz CT molecular complexity index is 1330. The van der Waals surface area contributed by atoms with Crippen molar-refractivity contribution < 1.29 is 19.1 Å². The Hall–Kier alpha value is -3.92. The van der Waals surface area contributed by atoms with Crippen LogP contribution in [0.25, 0.3) is 0 Å². The lowest BCUT2D eigenvalue weighted by atomic mass is 9.99. The number of nitrogen functional groups attached to an aromatic ring is 1. The Kier molecular flexibility index (Phi) is 8.31. The number of amides is 3. The number of carbonyl (C=O) groups excluding carboxylic acids is 3. The molecule has 0 radical (unpaired) electrons. The van der Waals surface area contributed by atoms with Crippen molar-refractivity contribution >= 4 is 40.6 Å². The molecule has 200 valence electrons. The molecule has 0 aliphatic heterocycles. The molecule has 1 atom stereocenters. The number of aromatic nitrogens is 1. The molecule has 4 rings (SSSR count). The largest absolute Gasteiger partial charge is 0.494 e. The monoisotopic (exact) mass is 535 g/mol. The van der Waals surface area contributed by atoms with Crippen molar-refractivity contribution in [3.05, 3.63) is 69.7 Å². The summed E-state index contributed by atoms with van der Waals surface area (Å²) in [4.78, 5) is 41.6. The van der Waals surface area contributed by atoms with E-state index < -0.39 is 17.9 Å². The number of benzene rings is 2. The van der Waals surface area contributed by atoms with Crippen LogP contribution in [0.1, 0.15) is 75.5 Å². The predicted octanol–water partition coefficient (Wildman–Crippen LogP) is 4.29. The number of nitrogens with zero attached hydrogens (tertiary/aromatic N) is 2. The van der Waals surface area contributed by atoms with Gasteiger partial charge in [0.2, 0.25) is 5.91 Å². The van der Waals surface area contributed by atoms with Gasteiger partial charge in [-0.1, -0.05) is 37.1 Å². The summed E-state index contributed by atoms with van der Waals surface area (Å²) < 4.78 is 9.62. The van der Waals surface area contributed by atoms with E-state index in [9.17, 15) is 14.4 Å². The van der Waals surface area contributed by atoms with Gasteiger partial charge in [-0.25, -0.2) is 0 Å². The molecule has 3 amide bonds. The molecule has 1 fully saturated rings. The van der Waals surface area contributed by atoms with Gasteiger partial charge in [0.1, 0.15) is 16.7 Å². The zero-order valence-electron chi connectivity index (χ0n) is 21.8. The van der Waals surface area contributed by atoms with E-state index >= 15 is 0 Å². The maximum atomic E-state index is 14.3. The van der Waals surface area contributed by atoms with Crippen molar-refractivity contribution in [2.45, 2.75) is 58.5 Å². The summed E-state index contributed by atoms with van der Waals surface area (Å²) >= 11 is 0.793. The van der Waals surface area contributed by atoms with E-state index in [-0.39, 0.29) is 28.2 Å². The van der Waals surface area contributed by atoms with E-state index in [0.29, 0.717) is 23.6 Å². The van der Waals surface area contributed by atoms with Gasteiger partial charge in [0, 0.05) is 11.7 Å². The number of rotatable bonds is 9. The highest BCUT2D eigenvalue weighted by Gasteiger charge is 2.37. The zero-order chi connectivity index (χ0) is 27.4. The number of aryl methyl sites for hydroxylation is 1. The predicted molar refractivity (Wildman–Crippen MR) is 149 cm³/mol. The van der Waals surface area contributed by atoms with Crippen molar-refractivity contribution in [1.29, 1.82) is 0 Å². The summed E-state index contributed by atoms with van der Waals surface area (Å²) in [5.41, 5.74) is 14.3. The number of carbonyl (C=O) groups is 3. The first kappa shape index (κ1) is 27.1. The molecule has 5 N–H and O–H groups in total. The van der Waals surface area contributed by atoms with E-state index in [1.807, 2.05) is 32.9 Å². The molecule has 2 aromatic carbocycles. The number of hydrogen-bond donors (Lipinski definition) is 3. The fourth-order valence-corrected chi connectivity index (χ4v) is 5.52. The summed E-state index contributed by atoms with van der Waals surface area (Å²) in [5, 5.41) is 3.16. The Morgan fingerprint density at radius 1 is 1.13 bits per heavy atom. The lowest BCUT2D eigenvalue weighted by Gasteiger charge is -2.33. The van der Waals surface area contributed by atoms with Gasteiger partial charge in [-0.05, 0) is 80.0 Å². The van der Waals surface area contributed by atoms with Crippen LogP contribution in [0.5, 0.6) is 5.75 Å². The quantitative estimate of drug-likeness (QED) is 0.373. The highest BCUT2D eigenvalue weighted by molar-refractivity contribution is 7.09. The molecule has 1 heterocycles. The smallest absolute Gasteiger partial charge is 0.273 e. The Morgan fingerprint density at radius 2 is 1.82 bits per heavy atom. The molecule has 1 saturated carbocycles. The van der Waals surface area contributed by atoms with Crippen LogP contribution in [0.3, 0.4) is 0 Å². The zero-order valence-corrected chi connectivity index (χ0v) is 22.6. The van der Waals surface area contributed by atoms with Crippen LogP contribution in [0.4, 0.5) is 11.4 Å². The molecule has 0 saturated heterocycles. The normalized spacial score (nSPS) is 14.2. The van der Waals surface area contributed by atoms with Crippen molar-refractivity contribution in [1.82, 2.24) is 9.69 Å². The lowest BCUT2D eigenvalue weighted by molar-refractivity contribution is -0.123. The molecule has 0 bridgehead atoms. The second-order valence-electron chi connectivity index (χ2n) is 9.43. The first-order valence-corrected chi connectivity index (χ1v) is 13.5. The third-order valence-corrected chi connectivity index (χ3v) is 7.78. The van der Waals surface area contributed by atoms with Crippen molar-refractivity contribution in [2.24, 2.45) is 5.73 Å². The van der Waals surface area contributed by atoms with Gasteiger partial charge in [-0.2, -0.15) is 4.37 Å². The Morgan fingerprint density at radius 3 is 2.42 bits per heavy atom. The van der Waals surface area contributed by atoms with Gasteiger partial charge >= 0.3 is 0 Å². The molecular weight excluding hydrogens is 502 g/mol. The van der Waals surface area contributed by atoms with Crippen molar-refractivity contribution in [3.63, 3.8) is 0 Å². The van der Waals surface area contributed by atoms with Gasteiger partial charge < -0.3 is 21.5 Å². The molecular formula is C28H33N5O4S. The molecule has 38 heavy (non-hydrogen) atoms. The van der Waals surface area contributed by atoms with Gasteiger partial charge in [0.25, 0.3) is 11.8 Å². The molecule has 10 heteroatoms. The summed E-state index contributed by atoms with van der Waals surface area (Å²) in [5.74, 6) is -0.998. The maximum absolute atomic E-state index is 14.3. The Labute approximate surface area is 226 Å². The minimum Gasteiger partial charge on any atom is -0.494 e. The minimum atomic E-state index is -1.02. The number of nitrogens with two attached hydrogens (primary N) is 2. The van der Waals surface area contributed by atoms with Crippen LogP contribution in [-0.2, 0) is 4.79 Å². The Balaban J connectivity index is 1.88. The number of hydrogen-bond acceptors (Lipinski definition) is 7. The first-order valence-electron chi connectivity index (χ1n) is 12.7. The third kappa shape index (κ3) is 5.50. The number of primary amides is 1. The van der Waals surface area contributed by atoms with Gasteiger partial charge in [-0.15, -0.1) is 0 Å². The van der Waals surface area contributed by atoms with Gasteiger partial charge in [0.15, 0.2) is 5.69 Å². The highest BCUT2D eigenvalue weighted by atomic mass is 32.1.